The summed E-state index contributed by atoms with van der Waals surface area (Å²) in [7, 11) is 2.02. The molecule has 1 aromatic carbocycles. The number of hydrogen-bond donors (Lipinski definition) is 1. The molecule has 0 aliphatic carbocycles. The van der Waals surface area contributed by atoms with E-state index in [4.69, 9.17) is 0 Å². The summed E-state index contributed by atoms with van der Waals surface area (Å²) in [5.41, 5.74) is 1.13. The molecular formula is C14H17N3. The molecule has 0 spiro atoms. The second kappa shape index (κ2) is 5.34. The number of aromatic nitrogens is 1. The lowest BCUT2D eigenvalue weighted by Crippen LogP contribution is -2.12. The Morgan fingerprint density at radius 1 is 1.06 bits per heavy atom. The molecule has 2 rings (SSSR count). The van der Waals surface area contributed by atoms with E-state index in [0.29, 0.717) is 0 Å². The molecule has 0 radical (unpaired) electrons. The van der Waals surface area contributed by atoms with Crippen molar-refractivity contribution in [3.8, 4) is 0 Å². The van der Waals surface area contributed by atoms with Crippen molar-refractivity contribution in [1.82, 2.24) is 4.98 Å². The molecule has 0 fully saturated rings. The summed E-state index contributed by atoms with van der Waals surface area (Å²) < 4.78 is 0. The summed E-state index contributed by atoms with van der Waals surface area (Å²) >= 11 is 0. The lowest BCUT2D eigenvalue weighted by atomic mass is 10.3. The van der Waals surface area contributed by atoms with Crippen molar-refractivity contribution < 1.29 is 0 Å². The Bertz CT molecular complexity index is 468. The van der Waals surface area contributed by atoms with Crippen LogP contribution in [0.25, 0.3) is 0 Å². The van der Waals surface area contributed by atoms with Gasteiger partial charge in [0.05, 0.1) is 0 Å². The van der Waals surface area contributed by atoms with Crippen LogP contribution in [0.3, 0.4) is 0 Å². The maximum atomic E-state index is 4.55. The smallest absolute Gasteiger partial charge is 0.135 e. The highest BCUT2D eigenvalue weighted by Crippen LogP contribution is 2.22. The second-order valence-electron chi connectivity index (χ2n) is 3.81. The van der Waals surface area contributed by atoms with Crippen molar-refractivity contribution in [3.05, 3.63) is 48.5 Å². The minimum Gasteiger partial charge on any atom is -0.370 e. The summed E-state index contributed by atoms with van der Waals surface area (Å²) in [6.07, 6.45) is 0. The van der Waals surface area contributed by atoms with Crippen LogP contribution in [0.4, 0.5) is 17.3 Å². The van der Waals surface area contributed by atoms with Crippen LogP contribution >= 0.6 is 0 Å². The van der Waals surface area contributed by atoms with Crippen LogP contribution in [0.1, 0.15) is 6.92 Å². The first-order chi connectivity index (χ1) is 8.31. The number of rotatable bonds is 4. The first-order valence-corrected chi connectivity index (χ1v) is 5.81. The number of benzene rings is 1. The fourth-order valence-electron chi connectivity index (χ4n) is 1.67. The highest BCUT2D eigenvalue weighted by molar-refractivity contribution is 5.60. The molecule has 0 atom stereocenters. The van der Waals surface area contributed by atoms with Crippen molar-refractivity contribution >= 4 is 17.3 Å². The average molecular weight is 227 g/mol. The largest absolute Gasteiger partial charge is 0.370 e. The molecule has 0 aliphatic rings. The van der Waals surface area contributed by atoms with Crippen LogP contribution in [-0.4, -0.2) is 18.6 Å². The number of hydrogen-bond acceptors (Lipinski definition) is 3. The predicted octanol–water partition coefficient (Wildman–Crippen LogP) is 3.28. The van der Waals surface area contributed by atoms with Gasteiger partial charge in [-0.15, -0.1) is 0 Å². The van der Waals surface area contributed by atoms with Gasteiger partial charge in [-0.3, -0.25) is 0 Å². The zero-order chi connectivity index (χ0) is 12.1. The molecule has 0 bridgehead atoms. The molecule has 17 heavy (non-hydrogen) atoms. The van der Waals surface area contributed by atoms with E-state index in [1.165, 1.54) is 0 Å². The van der Waals surface area contributed by atoms with Crippen LogP contribution in [0.5, 0.6) is 0 Å². The molecule has 0 aliphatic heterocycles. The van der Waals surface area contributed by atoms with Gasteiger partial charge in [0.2, 0.25) is 0 Å². The Labute approximate surface area is 102 Å². The van der Waals surface area contributed by atoms with Gasteiger partial charge >= 0.3 is 0 Å². The van der Waals surface area contributed by atoms with Gasteiger partial charge in [0.25, 0.3) is 0 Å². The van der Waals surface area contributed by atoms with E-state index >= 15 is 0 Å². The monoisotopic (exact) mass is 227 g/mol. The van der Waals surface area contributed by atoms with Gasteiger partial charge in [0.15, 0.2) is 0 Å². The summed E-state index contributed by atoms with van der Waals surface area (Å²) in [6.45, 7) is 2.95. The van der Waals surface area contributed by atoms with Gasteiger partial charge in [0.1, 0.15) is 11.6 Å². The number of nitrogens with zero attached hydrogens (tertiary/aromatic N) is 2. The first kappa shape index (κ1) is 11.5. The fourth-order valence-corrected chi connectivity index (χ4v) is 1.67. The molecule has 0 amide bonds. The van der Waals surface area contributed by atoms with Crippen LogP contribution in [0.2, 0.25) is 0 Å². The Hall–Kier alpha value is -2.03. The van der Waals surface area contributed by atoms with Crippen molar-refractivity contribution in [1.29, 1.82) is 0 Å². The Balaban J connectivity index is 2.25. The SMILES string of the molecule is CCNc1cccc(N(C)c2ccccc2)n1. The van der Waals surface area contributed by atoms with Crippen LogP contribution in [0, 0.1) is 0 Å². The molecule has 1 aromatic heterocycles. The number of nitrogens with one attached hydrogen (secondary N) is 1. The van der Waals surface area contributed by atoms with Crippen LogP contribution in [-0.2, 0) is 0 Å². The summed E-state index contributed by atoms with van der Waals surface area (Å²) in [6, 6.07) is 16.2. The van der Waals surface area contributed by atoms with E-state index in [1.54, 1.807) is 0 Å². The fraction of sp³-hybridized carbons (Fsp3) is 0.214. The van der Waals surface area contributed by atoms with Gasteiger partial charge in [0, 0.05) is 19.3 Å². The molecular weight excluding hydrogens is 210 g/mol. The minimum atomic E-state index is 0.880. The Kier molecular flexibility index (Phi) is 3.60. The van der Waals surface area contributed by atoms with Crippen molar-refractivity contribution in [2.24, 2.45) is 0 Å². The normalized spacial score (nSPS) is 10.0. The van der Waals surface area contributed by atoms with Crippen LogP contribution < -0.4 is 10.2 Å². The maximum absolute atomic E-state index is 4.55. The van der Waals surface area contributed by atoms with E-state index < -0.39 is 0 Å². The van der Waals surface area contributed by atoms with Gasteiger partial charge in [-0.2, -0.15) is 0 Å². The molecule has 1 heterocycles. The quantitative estimate of drug-likeness (QED) is 0.868. The van der Waals surface area contributed by atoms with Gasteiger partial charge in [-0.25, -0.2) is 4.98 Å². The molecule has 2 aromatic rings. The predicted molar refractivity (Wildman–Crippen MR) is 72.9 cm³/mol. The van der Waals surface area contributed by atoms with Gasteiger partial charge < -0.3 is 10.2 Å². The number of pyridine rings is 1. The second-order valence-corrected chi connectivity index (χ2v) is 3.81. The molecule has 3 nitrogen and oxygen atoms in total. The van der Waals surface area contributed by atoms with Gasteiger partial charge in [-0.05, 0) is 31.2 Å². The third-order valence-electron chi connectivity index (χ3n) is 2.58. The van der Waals surface area contributed by atoms with E-state index in [0.717, 1.165) is 23.9 Å². The maximum Gasteiger partial charge on any atom is 0.135 e. The summed E-state index contributed by atoms with van der Waals surface area (Å²) in [5.74, 6) is 1.85. The van der Waals surface area contributed by atoms with Crippen molar-refractivity contribution in [2.75, 3.05) is 23.8 Å². The molecule has 3 heteroatoms. The zero-order valence-electron chi connectivity index (χ0n) is 10.2. The van der Waals surface area contributed by atoms with E-state index in [-0.39, 0.29) is 0 Å². The van der Waals surface area contributed by atoms with Crippen LogP contribution in [0.15, 0.2) is 48.5 Å². The van der Waals surface area contributed by atoms with E-state index in [1.807, 2.05) is 43.4 Å². The van der Waals surface area contributed by atoms with E-state index in [2.05, 4.69) is 34.3 Å². The minimum absolute atomic E-state index is 0.880. The lowest BCUT2D eigenvalue weighted by Gasteiger charge is -2.18. The summed E-state index contributed by atoms with van der Waals surface area (Å²) in [4.78, 5) is 6.62. The van der Waals surface area contributed by atoms with Gasteiger partial charge in [-0.1, -0.05) is 24.3 Å². The first-order valence-electron chi connectivity index (χ1n) is 5.81. The highest BCUT2D eigenvalue weighted by atomic mass is 15.2. The molecule has 88 valence electrons. The number of para-hydroxylation sites is 1. The standard InChI is InChI=1S/C14H17N3/c1-3-15-13-10-7-11-14(16-13)17(2)12-8-5-4-6-9-12/h4-11H,3H2,1-2H3,(H,15,16). The third-order valence-corrected chi connectivity index (χ3v) is 2.58. The number of anilines is 3. The average Bonchev–Trinajstić information content (AvgIpc) is 2.40. The molecule has 0 saturated carbocycles. The third kappa shape index (κ3) is 2.75. The lowest BCUT2D eigenvalue weighted by molar-refractivity contribution is 1.10. The van der Waals surface area contributed by atoms with Crippen molar-refractivity contribution in [3.63, 3.8) is 0 Å². The molecule has 0 saturated heterocycles. The Morgan fingerprint density at radius 3 is 2.53 bits per heavy atom. The zero-order valence-corrected chi connectivity index (χ0v) is 10.2. The topological polar surface area (TPSA) is 28.2 Å². The Morgan fingerprint density at radius 2 is 1.82 bits per heavy atom. The highest BCUT2D eigenvalue weighted by Gasteiger charge is 2.04. The van der Waals surface area contributed by atoms with E-state index in [9.17, 15) is 0 Å². The van der Waals surface area contributed by atoms with Crippen molar-refractivity contribution in [2.45, 2.75) is 6.92 Å². The summed E-state index contributed by atoms with van der Waals surface area (Å²) in [5, 5.41) is 3.22. The molecule has 0 unspecified atom stereocenters. The molecule has 1 N–H and O–H groups in total.